The number of rotatable bonds is 1. The largest absolute Gasteiger partial charge is 0.326 e. The molecule has 1 aromatic heterocycles. The number of carbonyl (C=O) groups is 1. The summed E-state index contributed by atoms with van der Waals surface area (Å²) in [6, 6.07) is 5.97. The normalized spacial score (nSPS) is 16.0. The fourth-order valence-electron chi connectivity index (χ4n) is 2.54. The van der Waals surface area contributed by atoms with E-state index in [1.165, 1.54) is 0 Å². The monoisotopic (exact) mass is 286 g/mol. The van der Waals surface area contributed by atoms with Crippen LogP contribution in [0.3, 0.4) is 0 Å². The highest BCUT2D eigenvalue weighted by Gasteiger charge is 2.22. The van der Waals surface area contributed by atoms with Gasteiger partial charge in [0.15, 0.2) is 0 Å². The maximum Gasteiger partial charge on any atom is 0.229 e. The van der Waals surface area contributed by atoms with Gasteiger partial charge in [0.25, 0.3) is 0 Å². The first-order valence-electron chi connectivity index (χ1n) is 7.34. The van der Waals surface area contributed by atoms with E-state index >= 15 is 0 Å². The van der Waals surface area contributed by atoms with Gasteiger partial charge in [0.2, 0.25) is 5.91 Å². The molecule has 21 heavy (non-hydrogen) atoms. The van der Waals surface area contributed by atoms with Crippen LogP contribution in [-0.2, 0) is 17.9 Å². The average molecular weight is 286 g/mol. The summed E-state index contributed by atoms with van der Waals surface area (Å²) in [4.78, 5) is 19.0. The van der Waals surface area contributed by atoms with E-state index in [1.807, 2.05) is 32.9 Å². The zero-order valence-electron chi connectivity index (χ0n) is 13.1. The van der Waals surface area contributed by atoms with Crippen molar-refractivity contribution in [2.75, 3.05) is 18.9 Å². The van der Waals surface area contributed by atoms with Crippen molar-refractivity contribution in [1.29, 1.82) is 0 Å². The Kier molecular flexibility index (Phi) is 3.24. The van der Waals surface area contributed by atoms with Crippen molar-refractivity contribution < 1.29 is 4.79 Å². The SMILES string of the molecule is CN1CCn2c(nc3cc(NC(=O)C(C)(C)C)ccc32)C1. The van der Waals surface area contributed by atoms with E-state index in [0.717, 1.165) is 42.2 Å². The molecule has 5 nitrogen and oxygen atoms in total. The highest BCUT2D eigenvalue weighted by Crippen LogP contribution is 2.24. The topological polar surface area (TPSA) is 50.2 Å². The second kappa shape index (κ2) is 4.84. The number of aromatic nitrogens is 2. The lowest BCUT2D eigenvalue weighted by Crippen LogP contribution is -2.30. The standard InChI is InChI=1S/C16H22N4O/c1-16(2,3)15(21)17-11-5-6-13-12(9-11)18-14-10-19(4)7-8-20(13)14/h5-6,9H,7-8,10H2,1-4H3,(H,17,21). The van der Waals surface area contributed by atoms with E-state index in [1.54, 1.807) is 0 Å². The Balaban J connectivity index is 1.93. The highest BCUT2D eigenvalue weighted by molar-refractivity contribution is 5.96. The van der Waals surface area contributed by atoms with Gasteiger partial charge >= 0.3 is 0 Å². The van der Waals surface area contributed by atoms with Gasteiger partial charge in [0.05, 0.1) is 17.6 Å². The third-order valence-electron chi connectivity index (χ3n) is 3.88. The smallest absolute Gasteiger partial charge is 0.229 e. The molecule has 1 amide bonds. The maximum atomic E-state index is 12.1. The number of imidazole rings is 1. The van der Waals surface area contributed by atoms with Crippen LogP contribution in [0.5, 0.6) is 0 Å². The minimum absolute atomic E-state index is 0.0190. The predicted molar refractivity (Wildman–Crippen MR) is 84.2 cm³/mol. The van der Waals surface area contributed by atoms with Crippen molar-refractivity contribution >= 4 is 22.6 Å². The summed E-state index contributed by atoms with van der Waals surface area (Å²) in [6.45, 7) is 8.61. The van der Waals surface area contributed by atoms with E-state index in [4.69, 9.17) is 4.98 Å². The Morgan fingerprint density at radius 2 is 2.05 bits per heavy atom. The molecule has 3 rings (SSSR count). The lowest BCUT2D eigenvalue weighted by atomic mass is 9.95. The molecule has 0 radical (unpaired) electrons. The number of hydrogen-bond donors (Lipinski definition) is 1. The molecule has 0 saturated carbocycles. The first-order valence-corrected chi connectivity index (χ1v) is 7.34. The van der Waals surface area contributed by atoms with Crippen LogP contribution in [0.1, 0.15) is 26.6 Å². The number of carbonyl (C=O) groups excluding carboxylic acids is 1. The zero-order valence-corrected chi connectivity index (χ0v) is 13.1. The summed E-state index contributed by atoms with van der Waals surface area (Å²) in [5.41, 5.74) is 2.51. The van der Waals surface area contributed by atoms with Crippen molar-refractivity contribution in [3.63, 3.8) is 0 Å². The molecule has 0 fully saturated rings. The highest BCUT2D eigenvalue weighted by atomic mass is 16.2. The van der Waals surface area contributed by atoms with Gasteiger partial charge in [0.1, 0.15) is 5.82 Å². The second-order valence-corrected chi connectivity index (χ2v) is 6.83. The lowest BCUT2D eigenvalue weighted by molar-refractivity contribution is -0.123. The third kappa shape index (κ3) is 2.65. The Hall–Kier alpha value is -1.88. The minimum atomic E-state index is -0.398. The van der Waals surface area contributed by atoms with Gasteiger partial charge in [-0.1, -0.05) is 20.8 Å². The van der Waals surface area contributed by atoms with E-state index in [-0.39, 0.29) is 5.91 Å². The van der Waals surface area contributed by atoms with Crippen molar-refractivity contribution in [3.05, 3.63) is 24.0 Å². The van der Waals surface area contributed by atoms with Gasteiger partial charge in [-0.3, -0.25) is 9.69 Å². The zero-order chi connectivity index (χ0) is 15.2. The second-order valence-electron chi connectivity index (χ2n) is 6.83. The Morgan fingerprint density at radius 3 is 2.76 bits per heavy atom. The molecular weight excluding hydrogens is 264 g/mol. The van der Waals surface area contributed by atoms with Gasteiger partial charge in [-0.2, -0.15) is 0 Å². The summed E-state index contributed by atoms with van der Waals surface area (Å²) in [5.74, 6) is 1.11. The average Bonchev–Trinajstić information content (AvgIpc) is 2.73. The molecule has 0 bridgehead atoms. The summed E-state index contributed by atoms with van der Waals surface area (Å²) in [5, 5.41) is 2.96. The first kappa shape index (κ1) is 14.1. The summed E-state index contributed by atoms with van der Waals surface area (Å²) >= 11 is 0. The van der Waals surface area contributed by atoms with Crippen LogP contribution < -0.4 is 5.32 Å². The van der Waals surface area contributed by atoms with Gasteiger partial charge in [-0.05, 0) is 25.2 Å². The summed E-state index contributed by atoms with van der Waals surface area (Å²) in [6.07, 6.45) is 0. The lowest BCUT2D eigenvalue weighted by Gasteiger charge is -2.23. The van der Waals surface area contributed by atoms with Gasteiger partial charge in [-0.15, -0.1) is 0 Å². The van der Waals surface area contributed by atoms with E-state index in [9.17, 15) is 4.79 Å². The molecule has 0 spiro atoms. The number of hydrogen-bond acceptors (Lipinski definition) is 3. The fourth-order valence-corrected chi connectivity index (χ4v) is 2.54. The van der Waals surface area contributed by atoms with Gasteiger partial charge in [0, 0.05) is 24.2 Å². The van der Waals surface area contributed by atoms with Crippen LogP contribution in [0, 0.1) is 5.41 Å². The number of nitrogens with zero attached hydrogens (tertiary/aromatic N) is 3. The van der Waals surface area contributed by atoms with Gasteiger partial charge in [-0.25, -0.2) is 4.98 Å². The number of amides is 1. The van der Waals surface area contributed by atoms with E-state index in [2.05, 4.69) is 27.9 Å². The summed E-state index contributed by atoms with van der Waals surface area (Å²) in [7, 11) is 2.11. The van der Waals surface area contributed by atoms with Crippen molar-refractivity contribution in [2.45, 2.75) is 33.9 Å². The number of likely N-dealkylation sites (N-methyl/N-ethyl adjacent to an activating group) is 1. The molecule has 112 valence electrons. The third-order valence-corrected chi connectivity index (χ3v) is 3.88. The molecule has 1 aromatic carbocycles. The van der Waals surface area contributed by atoms with Crippen LogP contribution in [0.4, 0.5) is 5.69 Å². The first-order chi connectivity index (χ1) is 9.84. The predicted octanol–water partition coefficient (Wildman–Crippen LogP) is 2.47. The summed E-state index contributed by atoms with van der Waals surface area (Å²) < 4.78 is 2.27. The Bertz CT molecular complexity index is 696. The van der Waals surface area contributed by atoms with Crippen molar-refractivity contribution in [2.24, 2.45) is 5.41 Å². The molecular formula is C16H22N4O. The van der Waals surface area contributed by atoms with E-state index in [0.29, 0.717) is 0 Å². The number of benzene rings is 1. The Morgan fingerprint density at radius 1 is 1.29 bits per heavy atom. The molecule has 0 atom stereocenters. The van der Waals surface area contributed by atoms with Crippen molar-refractivity contribution in [1.82, 2.24) is 14.5 Å². The van der Waals surface area contributed by atoms with Crippen LogP contribution in [-0.4, -0.2) is 34.0 Å². The molecule has 1 aliphatic rings. The molecule has 1 N–H and O–H groups in total. The van der Waals surface area contributed by atoms with Crippen LogP contribution in [0.15, 0.2) is 18.2 Å². The van der Waals surface area contributed by atoms with Gasteiger partial charge < -0.3 is 9.88 Å². The quantitative estimate of drug-likeness (QED) is 0.876. The van der Waals surface area contributed by atoms with Crippen LogP contribution in [0.25, 0.3) is 11.0 Å². The molecule has 5 heteroatoms. The van der Waals surface area contributed by atoms with E-state index < -0.39 is 5.41 Å². The molecule has 0 saturated heterocycles. The Labute approximate surface area is 125 Å². The molecule has 0 unspecified atom stereocenters. The number of anilines is 1. The number of nitrogens with one attached hydrogen (secondary N) is 1. The maximum absolute atomic E-state index is 12.1. The molecule has 2 heterocycles. The number of fused-ring (bicyclic) bond motifs is 3. The minimum Gasteiger partial charge on any atom is -0.326 e. The van der Waals surface area contributed by atoms with Crippen LogP contribution in [0.2, 0.25) is 0 Å². The molecule has 1 aliphatic heterocycles. The molecule has 0 aliphatic carbocycles. The fraction of sp³-hybridized carbons (Fsp3) is 0.500. The molecule has 2 aromatic rings. The van der Waals surface area contributed by atoms with Crippen molar-refractivity contribution in [3.8, 4) is 0 Å². The van der Waals surface area contributed by atoms with Crippen LogP contribution >= 0.6 is 0 Å².